The maximum Gasteiger partial charge on any atom is 0.227 e. The van der Waals surface area contributed by atoms with Crippen LogP contribution in [0, 0.1) is 5.41 Å². The van der Waals surface area contributed by atoms with E-state index in [4.69, 9.17) is 10.5 Å². The van der Waals surface area contributed by atoms with E-state index in [0.29, 0.717) is 39.1 Å². The topological polar surface area (TPSA) is 82.2 Å². The van der Waals surface area contributed by atoms with Crippen molar-refractivity contribution in [2.75, 3.05) is 19.8 Å². The summed E-state index contributed by atoms with van der Waals surface area (Å²) in [6, 6.07) is 0. The molecule has 0 bridgehead atoms. The van der Waals surface area contributed by atoms with Gasteiger partial charge in [0.05, 0.1) is 11.1 Å². The van der Waals surface area contributed by atoms with Gasteiger partial charge >= 0.3 is 0 Å². The average Bonchev–Trinajstić information content (AvgIpc) is 2.85. The monoisotopic (exact) mass is 280 g/mol. The highest BCUT2D eigenvalue weighted by atomic mass is 16.5. The van der Waals surface area contributed by atoms with Crippen LogP contribution in [0.1, 0.15) is 31.0 Å². The van der Waals surface area contributed by atoms with Crippen LogP contribution in [0.25, 0.3) is 0 Å². The lowest BCUT2D eigenvalue weighted by Crippen LogP contribution is -2.49. The van der Waals surface area contributed by atoms with Crippen LogP contribution in [0.5, 0.6) is 0 Å². The van der Waals surface area contributed by atoms with Crippen LogP contribution in [0.15, 0.2) is 6.20 Å². The van der Waals surface area contributed by atoms with Crippen molar-refractivity contribution < 1.29 is 9.53 Å². The molecule has 1 fully saturated rings. The Morgan fingerprint density at radius 3 is 2.85 bits per heavy atom. The van der Waals surface area contributed by atoms with E-state index in [-0.39, 0.29) is 5.91 Å². The van der Waals surface area contributed by atoms with E-state index in [1.54, 1.807) is 4.68 Å². The summed E-state index contributed by atoms with van der Waals surface area (Å²) in [6.07, 6.45) is 4.21. The predicted molar refractivity (Wildman–Crippen MR) is 76.0 cm³/mol. The summed E-state index contributed by atoms with van der Waals surface area (Å²) in [7, 11) is 1.89. The number of nitrogens with two attached hydrogens (primary N) is 1. The van der Waals surface area contributed by atoms with Gasteiger partial charge in [0.15, 0.2) is 0 Å². The summed E-state index contributed by atoms with van der Waals surface area (Å²) in [4.78, 5) is 12.5. The first-order chi connectivity index (χ1) is 9.61. The number of hydrogen-bond donors (Lipinski definition) is 2. The van der Waals surface area contributed by atoms with Crippen molar-refractivity contribution in [2.45, 2.75) is 32.7 Å². The molecule has 1 saturated heterocycles. The van der Waals surface area contributed by atoms with Gasteiger partial charge in [-0.3, -0.25) is 9.48 Å². The van der Waals surface area contributed by atoms with Gasteiger partial charge in [0.25, 0.3) is 0 Å². The number of carbonyl (C=O) groups excluding carboxylic acids is 1. The van der Waals surface area contributed by atoms with Gasteiger partial charge < -0.3 is 15.8 Å². The van der Waals surface area contributed by atoms with E-state index in [1.165, 1.54) is 0 Å². The van der Waals surface area contributed by atoms with Gasteiger partial charge in [0.1, 0.15) is 0 Å². The fourth-order valence-electron chi connectivity index (χ4n) is 2.68. The Kier molecular flexibility index (Phi) is 4.77. The van der Waals surface area contributed by atoms with Crippen LogP contribution < -0.4 is 11.1 Å². The maximum atomic E-state index is 12.5. The Morgan fingerprint density at radius 2 is 2.25 bits per heavy atom. The standard InChI is InChI=1S/C14H24N4O2/c1-3-12-11(9-18(2)17-12)8-16-13(19)14(10-15)4-6-20-7-5-14/h9H,3-8,10,15H2,1-2H3,(H,16,19). The zero-order valence-electron chi connectivity index (χ0n) is 12.3. The minimum atomic E-state index is -0.465. The normalized spacial score (nSPS) is 17.9. The minimum Gasteiger partial charge on any atom is -0.381 e. The van der Waals surface area contributed by atoms with E-state index >= 15 is 0 Å². The van der Waals surface area contributed by atoms with Crippen LogP contribution in [-0.4, -0.2) is 35.4 Å². The zero-order valence-corrected chi connectivity index (χ0v) is 12.3. The van der Waals surface area contributed by atoms with Crippen molar-refractivity contribution in [3.63, 3.8) is 0 Å². The maximum absolute atomic E-state index is 12.5. The van der Waals surface area contributed by atoms with Gasteiger partial charge in [-0.2, -0.15) is 5.10 Å². The fourth-order valence-corrected chi connectivity index (χ4v) is 2.68. The molecule has 0 aliphatic carbocycles. The second-order valence-corrected chi connectivity index (χ2v) is 5.41. The molecule has 0 atom stereocenters. The Balaban J connectivity index is 2.00. The summed E-state index contributed by atoms with van der Waals surface area (Å²) in [6.45, 7) is 4.16. The number of hydrogen-bond acceptors (Lipinski definition) is 4. The molecule has 20 heavy (non-hydrogen) atoms. The van der Waals surface area contributed by atoms with Crippen LogP contribution in [-0.2, 0) is 29.5 Å². The Hall–Kier alpha value is -1.40. The van der Waals surface area contributed by atoms with Crippen molar-refractivity contribution in [1.29, 1.82) is 0 Å². The van der Waals surface area contributed by atoms with Crippen LogP contribution in [0.3, 0.4) is 0 Å². The molecule has 1 aromatic rings. The molecule has 2 rings (SSSR count). The SMILES string of the molecule is CCc1nn(C)cc1CNC(=O)C1(CN)CCOCC1. The van der Waals surface area contributed by atoms with Gasteiger partial charge in [-0.25, -0.2) is 0 Å². The molecule has 0 saturated carbocycles. The summed E-state index contributed by atoms with van der Waals surface area (Å²) in [5, 5.41) is 7.40. The van der Waals surface area contributed by atoms with Crippen molar-refractivity contribution in [3.8, 4) is 0 Å². The summed E-state index contributed by atoms with van der Waals surface area (Å²) in [5.41, 5.74) is 7.47. The van der Waals surface area contributed by atoms with Crippen LogP contribution in [0.2, 0.25) is 0 Å². The van der Waals surface area contributed by atoms with Gasteiger partial charge in [0.2, 0.25) is 5.91 Å². The molecule has 6 nitrogen and oxygen atoms in total. The number of nitrogens with one attached hydrogen (secondary N) is 1. The number of amides is 1. The molecule has 1 aromatic heterocycles. The molecule has 0 spiro atoms. The second kappa shape index (κ2) is 6.37. The first-order valence-electron chi connectivity index (χ1n) is 7.19. The molecular weight excluding hydrogens is 256 g/mol. The molecule has 0 unspecified atom stereocenters. The molecule has 0 aromatic carbocycles. The highest BCUT2D eigenvalue weighted by Crippen LogP contribution is 2.29. The quantitative estimate of drug-likeness (QED) is 0.815. The summed E-state index contributed by atoms with van der Waals surface area (Å²) in [5.74, 6) is 0.0363. The zero-order chi connectivity index (χ0) is 14.6. The van der Waals surface area contributed by atoms with Crippen LogP contribution >= 0.6 is 0 Å². The third-order valence-corrected chi connectivity index (χ3v) is 4.09. The highest BCUT2D eigenvalue weighted by molar-refractivity contribution is 5.83. The molecule has 0 radical (unpaired) electrons. The second-order valence-electron chi connectivity index (χ2n) is 5.41. The fraction of sp³-hybridized carbons (Fsp3) is 0.714. The molecule has 1 aliphatic heterocycles. The number of aromatic nitrogens is 2. The molecule has 3 N–H and O–H groups in total. The Bertz CT molecular complexity index is 464. The Morgan fingerprint density at radius 1 is 1.55 bits per heavy atom. The predicted octanol–water partition coefficient (Wildman–Crippen LogP) is 0.354. The first kappa shape index (κ1) is 15.0. The van der Waals surface area contributed by atoms with Gasteiger partial charge in [-0.15, -0.1) is 0 Å². The molecular formula is C14H24N4O2. The lowest BCUT2D eigenvalue weighted by molar-refractivity contribution is -0.136. The van der Waals surface area contributed by atoms with E-state index in [9.17, 15) is 4.79 Å². The van der Waals surface area contributed by atoms with Crippen molar-refractivity contribution in [1.82, 2.24) is 15.1 Å². The van der Waals surface area contributed by atoms with Crippen molar-refractivity contribution >= 4 is 5.91 Å². The number of ether oxygens (including phenoxy) is 1. The largest absolute Gasteiger partial charge is 0.381 e. The van der Waals surface area contributed by atoms with Gasteiger partial charge in [-0.05, 0) is 19.3 Å². The number of rotatable bonds is 5. The molecule has 112 valence electrons. The van der Waals surface area contributed by atoms with Crippen molar-refractivity contribution in [2.24, 2.45) is 18.2 Å². The first-order valence-corrected chi connectivity index (χ1v) is 7.19. The lowest BCUT2D eigenvalue weighted by Gasteiger charge is -2.34. The van der Waals surface area contributed by atoms with E-state index in [2.05, 4.69) is 17.3 Å². The molecule has 1 aliphatic rings. The molecule has 1 amide bonds. The summed E-state index contributed by atoms with van der Waals surface area (Å²) >= 11 is 0. The Labute approximate surface area is 119 Å². The molecule has 6 heteroatoms. The lowest BCUT2D eigenvalue weighted by atomic mass is 9.79. The van der Waals surface area contributed by atoms with Gasteiger partial charge in [-0.1, -0.05) is 6.92 Å². The number of nitrogens with zero attached hydrogens (tertiary/aromatic N) is 2. The minimum absolute atomic E-state index is 0.0363. The number of aryl methyl sites for hydroxylation is 2. The average molecular weight is 280 g/mol. The molecule has 2 heterocycles. The van der Waals surface area contributed by atoms with E-state index in [1.807, 2.05) is 13.2 Å². The highest BCUT2D eigenvalue weighted by Gasteiger charge is 2.38. The summed E-state index contributed by atoms with van der Waals surface area (Å²) < 4.78 is 7.12. The van der Waals surface area contributed by atoms with E-state index < -0.39 is 5.41 Å². The third-order valence-electron chi connectivity index (χ3n) is 4.09. The van der Waals surface area contributed by atoms with Gasteiger partial charge in [0, 0.05) is 45.1 Å². The smallest absolute Gasteiger partial charge is 0.227 e. The van der Waals surface area contributed by atoms with E-state index in [0.717, 1.165) is 17.7 Å². The van der Waals surface area contributed by atoms with Crippen molar-refractivity contribution in [3.05, 3.63) is 17.5 Å². The number of carbonyl (C=O) groups is 1. The van der Waals surface area contributed by atoms with Crippen LogP contribution in [0.4, 0.5) is 0 Å². The third kappa shape index (κ3) is 3.02.